The Morgan fingerprint density at radius 1 is 1.05 bits per heavy atom. The molecule has 0 aromatic heterocycles. The molecule has 0 aliphatic heterocycles. The summed E-state index contributed by atoms with van der Waals surface area (Å²) in [4.78, 5) is 2.17. The van der Waals surface area contributed by atoms with Crippen LogP contribution in [0.25, 0.3) is 0 Å². The van der Waals surface area contributed by atoms with Crippen LogP contribution in [-0.2, 0) is 19.4 Å². The maximum atomic E-state index is 13.6. The van der Waals surface area contributed by atoms with Crippen molar-refractivity contribution in [1.29, 1.82) is 0 Å². The maximum Gasteiger partial charge on any atom is 0.124 e. The molecular formula is C17H18FNS. The molecule has 1 nitrogen and oxygen atoms in total. The van der Waals surface area contributed by atoms with Gasteiger partial charge in [0.1, 0.15) is 5.82 Å². The normalized spacial score (nSPS) is 13.5. The third-order valence-electron chi connectivity index (χ3n) is 3.62. The molecule has 0 bridgehead atoms. The van der Waals surface area contributed by atoms with Crippen molar-refractivity contribution >= 4 is 11.8 Å². The number of benzene rings is 2. The summed E-state index contributed by atoms with van der Waals surface area (Å²) in [6.45, 7) is 0.690. The van der Waals surface area contributed by atoms with Crippen molar-refractivity contribution in [3.8, 4) is 0 Å². The number of rotatable bonds is 4. The average molecular weight is 287 g/mol. The highest BCUT2D eigenvalue weighted by Crippen LogP contribution is 2.32. The molecule has 0 heterocycles. The molecule has 1 aliphatic carbocycles. The van der Waals surface area contributed by atoms with E-state index in [0.717, 1.165) is 10.5 Å². The van der Waals surface area contributed by atoms with E-state index in [9.17, 15) is 4.39 Å². The summed E-state index contributed by atoms with van der Waals surface area (Å²) in [7, 11) is 1.87. The molecule has 0 atom stereocenters. The number of hydrogen-bond donors (Lipinski definition) is 1. The van der Waals surface area contributed by atoms with Crippen LogP contribution in [0.4, 0.5) is 4.39 Å². The molecule has 1 N–H and O–H groups in total. The predicted octanol–water partition coefficient (Wildman–Crippen LogP) is 4.19. The first-order valence-electron chi connectivity index (χ1n) is 6.98. The van der Waals surface area contributed by atoms with Gasteiger partial charge in [-0.15, -0.1) is 0 Å². The highest BCUT2D eigenvalue weighted by molar-refractivity contribution is 7.99. The van der Waals surface area contributed by atoms with Gasteiger partial charge < -0.3 is 5.32 Å². The average Bonchev–Trinajstić information content (AvgIpc) is 2.85. The van der Waals surface area contributed by atoms with E-state index in [-0.39, 0.29) is 5.82 Å². The molecule has 2 aromatic rings. The third-order valence-corrected chi connectivity index (χ3v) is 4.58. The Labute approximate surface area is 123 Å². The van der Waals surface area contributed by atoms with E-state index in [1.54, 1.807) is 23.9 Å². The van der Waals surface area contributed by atoms with Crippen LogP contribution in [-0.4, -0.2) is 7.05 Å². The molecule has 0 fully saturated rings. The van der Waals surface area contributed by atoms with E-state index in [1.165, 1.54) is 35.3 Å². The molecule has 0 saturated heterocycles. The summed E-state index contributed by atoms with van der Waals surface area (Å²) >= 11 is 1.64. The fraction of sp³-hybridized carbons (Fsp3) is 0.294. The first-order chi connectivity index (χ1) is 9.74. The topological polar surface area (TPSA) is 12.0 Å². The molecule has 0 radical (unpaired) electrons. The molecule has 3 heteroatoms. The zero-order valence-electron chi connectivity index (χ0n) is 11.6. The number of nitrogens with one attached hydrogen (secondary N) is 1. The van der Waals surface area contributed by atoms with Crippen molar-refractivity contribution in [2.45, 2.75) is 35.6 Å². The minimum absolute atomic E-state index is 0.165. The summed E-state index contributed by atoms with van der Waals surface area (Å²) in [6, 6.07) is 11.9. The van der Waals surface area contributed by atoms with Gasteiger partial charge >= 0.3 is 0 Å². The van der Waals surface area contributed by atoms with Gasteiger partial charge in [-0.05, 0) is 73.3 Å². The van der Waals surface area contributed by atoms with E-state index in [4.69, 9.17) is 0 Å². The number of halogens is 1. The Morgan fingerprint density at radius 3 is 2.75 bits per heavy atom. The Kier molecular flexibility index (Phi) is 4.08. The summed E-state index contributed by atoms with van der Waals surface area (Å²) in [5.41, 5.74) is 3.92. The van der Waals surface area contributed by atoms with Gasteiger partial charge in [0.15, 0.2) is 0 Å². The van der Waals surface area contributed by atoms with Gasteiger partial charge in [-0.1, -0.05) is 17.8 Å². The van der Waals surface area contributed by atoms with Crippen LogP contribution in [0.1, 0.15) is 23.1 Å². The molecule has 20 heavy (non-hydrogen) atoms. The number of aryl methyl sites for hydroxylation is 2. The Bertz CT molecular complexity index is 624. The van der Waals surface area contributed by atoms with E-state index in [1.807, 2.05) is 7.05 Å². The molecule has 104 valence electrons. The van der Waals surface area contributed by atoms with Gasteiger partial charge in [0.25, 0.3) is 0 Å². The van der Waals surface area contributed by atoms with Crippen molar-refractivity contribution in [2.24, 2.45) is 0 Å². The fourth-order valence-electron chi connectivity index (χ4n) is 2.73. The van der Waals surface area contributed by atoms with Gasteiger partial charge in [-0.3, -0.25) is 0 Å². The molecule has 0 spiro atoms. The van der Waals surface area contributed by atoms with Crippen LogP contribution in [0.3, 0.4) is 0 Å². The molecule has 1 aliphatic rings. The minimum Gasteiger partial charge on any atom is -0.316 e. The molecule has 0 amide bonds. The molecule has 0 saturated carbocycles. The van der Waals surface area contributed by atoms with E-state index in [2.05, 4.69) is 29.6 Å². The van der Waals surface area contributed by atoms with Crippen molar-refractivity contribution in [1.82, 2.24) is 5.32 Å². The second-order valence-corrected chi connectivity index (χ2v) is 6.36. The predicted molar refractivity (Wildman–Crippen MR) is 81.8 cm³/mol. The van der Waals surface area contributed by atoms with Crippen molar-refractivity contribution < 1.29 is 4.39 Å². The lowest BCUT2D eigenvalue weighted by Gasteiger charge is -2.07. The minimum atomic E-state index is -0.165. The largest absolute Gasteiger partial charge is 0.316 e. The maximum absolute atomic E-state index is 13.6. The standard InChI is InChI=1S/C17H18FNS/c1-19-11-12-7-15(18)10-17(8-12)20-16-6-5-13-3-2-4-14(13)9-16/h5-10,19H,2-4,11H2,1H3. The van der Waals surface area contributed by atoms with Crippen LogP contribution in [0, 0.1) is 5.82 Å². The second-order valence-electron chi connectivity index (χ2n) is 5.21. The van der Waals surface area contributed by atoms with Crippen LogP contribution in [0.2, 0.25) is 0 Å². The second kappa shape index (κ2) is 5.98. The van der Waals surface area contributed by atoms with Crippen molar-refractivity contribution in [3.05, 3.63) is 58.9 Å². The zero-order valence-corrected chi connectivity index (χ0v) is 12.4. The Hall–Kier alpha value is -1.32. The zero-order chi connectivity index (χ0) is 13.9. The van der Waals surface area contributed by atoms with Crippen LogP contribution < -0.4 is 5.32 Å². The highest BCUT2D eigenvalue weighted by atomic mass is 32.2. The highest BCUT2D eigenvalue weighted by Gasteiger charge is 2.11. The SMILES string of the molecule is CNCc1cc(F)cc(Sc2ccc3c(c2)CCC3)c1. The third kappa shape index (κ3) is 3.05. The van der Waals surface area contributed by atoms with Crippen LogP contribution in [0.5, 0.6) is 0 Å². The lowest BCUT2D eigenvalue weighted by Crippen LogP contribution is -2.05. The quantitative estimate of drug-likeness (QED) is 0.905. The Balaban J connectivity index is 1.83. The van der Waals surface area contributed by atoms with Gasteiger partial charge in [0.05, 0.1) is 0 Å². The van der Waals surface area contributed by atoms with Gasteiger partial charge in [0.2, 0.25) is 0 Å². The summed E-state index contributed by atoms with van der Waals surface area (Å²) < 4.78 is 13.6. The molecule has 3 rings (SSSR count). The fourth-order valence-corrected chi connectivity index (χ4v) is 3.72. The Morgan fingerprint density at radius 2 is 1.90 bits per heavy atom. The first-order valence-corrected chi connectivity index (χ1v) is 7.80. The van der Waals surface area contributed by atoms with Gasteiger partial charge in [0, 0.05) is 16.3 Å². The van der Waals surface area contributed by atoms with Gasteiger partial charge in [-0.25, -0.2) is 4.39 Å². The van der Waals surface area contributed by atoms with E-state index >= 15 is 0 Å². The summed E-state index contributed by atoms with van der Waals surface area (Å²) in [6.07, 6.45) is 3.64. The van der Waals surface area contributed by atoms with E-state index in [0.29, 0.717) is 6.54 Å². The molecule has 2 aromatic carbocycles. The monoisotopic (exact) mass is 287 g/mol. The first kappa shape index (κ1) is 13.7. The van der Waals surface area contributed by atoms with E-state index < -0.39 is 0 Å². The number of fused-ring (bicyclic) bond motifs is 1. The van der Waals surface area contributed by atoms with Gasteiger partial charge in [-0.2, -0.15) is 0 Å². The summed E-state index contributed by atoms with van der Waals surface area (Å²) in [5.74, 6) is -0.165. The van der Waals surface area contributed by atoms with Crippen molar-refractivity contribution in [3.63, 3.8) is 0 Å². The molecule has 0 unspecified atom stereocenters. The van der Waals surface area contributed by atoms with Crippen LogP contribution in [0.15, 0.2) is 46.2 Å². The smallest absolute Gasteiger partial charge is 0.124 e. The summed E-state index contributed by atoms with van der Waals surface area (Å²) in [5, 5.41) is 3.06. The lowest BCUT2D eigenvalue weighted by atomic mass is 10.1. The van der Waals surface area contributed by atoms with Crippen molar-refractivity contribution in [2.75, 3.05) is 7.05 Å². The molecular weight excluding hydrogens is 269 g/mol. The lowest BCUT2D eigenvalue weighted by molar-refractivity contribution is 0.619. The van der Waals surface area contributed by atoms with Crippen LogP contribution >= 0.6 is 11.8 Å². The number of hydrogen-bond acceptors (Lipinski definition) is 2.